The average molecular weight is 368 g/mol. The summed E-state index contributed by atoms with van der Waals surface area (Å²) in [4.78, 5) is 26.9. The topological polar surface area (TPSA) is 88.2 Å². The van der Waals surface area contributed by atoms with Crippen LogP contribution < -0.4 is 0 Å². The molecule has 2 heterocycles. The Hall–Kier alpha value is -2.96. The number of carbonyl (C=O) groups excluding carboxylic acids is 2. The molecule has 142 valence electrons. The Morgan fingerprint density at radius 3 is 2.85 bits per heavy atom. The second-order valence-electron chi connectivity index (χ2n) is 6.48. The molecule has 7 heteroatoms. The van der Waals surface area contributed by atoms with E-state index in [1.54, 1.807) is 17.9 Å². The molecule has 1 amide bonds. The Bertz CT molecular complexity index is 803. The molecule has 2 unspecified atom stereocenters. The van der Waals surface area contributed by atoms with Crippen molar-refractivity contribution < 1.29 is 14.3 Å². The van der Waals surface area contributed by atoms with Crippen LogP contribution in [0.4, 0.5) is 0 Å². The number of allylic oxidation sites excluding steroid dienone is 1. The van der Waals surface area contributed by atoms with Crippen molar-refractivity contribution in [2.24, 2.45) is 0 Å². The fraction of sp³-hybridized carbons (Fsp3) is 0.400. The van der Waals surface area contributed by atoms with E-state index >= 15 is 0 Å². The van der Waals surface area contributed by atoms with E-state index in [1.165, 1.54) is 0 Å². The fourth-order valence-electron chi connectivity index (χ4n) is 3.51. The second-order valence-corrected chi connectivity index (χ2v) is 6.48. The number of esters is 1. The van der Waals surface area contributed by atoms with E-state index < -0.39 is 5.97 Å². The van der Waals surface area contributed by atoms with Crippen molar-refractivity contribution in [3.63, 3.8) is 0 Å². The van der Waals surface area contributed by atoms with Crippen LogP contribution in [0, 0.1) is 0 Å². The number of nitrogens with zero attached hydrogens (tertiary/aromatic N) is 3. The van der Waals surface area contributed by atoms with Crippen LogP contribution in [0.2, 0.25) is 0 Å². The van der Waals surface area contributed by atoms with Crippen LogP contribution in [0.1, 0.15) is 59.9 Å². The van der Waals surface area contributed by atoms with Crippen LogP contribution in [-0.4, -0.2) is 45.3 Å². The number of amides is 1. The molecule has 1 aromatic carbocycles. The fourth-order valence-corrected chi connectivity index (χ4v) is 3.51. The lowest BCUT2D eigenvalue weighted by atomic mass is 9.95. The maximum Gasteiger partial charge on any atom is 0.360 e. The number of aromatic nitrogens is 3. The molecule has 1 fully saturated rings. The summed E-state index contributed by atoms with van der Waals surface area (Å²) in [6.45, 7) is 6.52. The molecule has 7 nitrogen and oxygen atoms in total. The van der Waals surface area contributed by atoms with E-state index in [2.05, 4.69) is 22.0 Å². The van der Waals surface area contributed by atoms with E-state index in [-0.39, 0.29) is 30.2 Å². The molecule has 1 saturated heterocycles. The minimum atomic E-state index is -0.520. The molecule has 0 saturated carbocycles. The molecule has 0 spiro atoms. The predicted octanol–water partition coefficient (Wildman–Crippen LogP) is 3.00. The van der Waals surface area contributed by atoms with Gasteiger partial charge in [0.15, 0.2) is 5.69 Å². The Morgan fingerprint density at radius 2 is 2.15 bits per heavy atom. The van der Waals surface area contributed by atoms with E-state index in [0.717, 1.165) is 18.4 Å². The molecule has 0 bridgehead atoms. The lowest BCUT2D eigenvalue weighted by Crippen LogP contribution is -2.32. The normalized spacial score (nSPS) is 17.5. The molecular weight excluding hydrogens is 344 g/mol. The van der Waals surface area contributed by atoms with Gasteiger partial charge in [0.05, 0.1) is 12.6 Å². The van der Waals surface area contributed by atoms with Gasteiger partial charge in [-0.3, -0.25) is 4.79 Å². The van der Waals surface area contributed by atoms with Crippen LogP contribution >= 0.6 is 0 Å². The van der Waals surface area contributed by atoms with Crippen LogP contribution in [0.3, 0.4) is 0 Å². The van der Waals surface area contributed by atoms with Gasteiger partial charge in [-0.2, -0.15) is 10.3 Å². The van der Waals surface area contributed by atoms with Gasteiger partial charge in [0.1, 0.15) is 5.69 Å². The molecule has 1 aromatic heterocycles. The lowest BCUT2D eigenvalue weighted by Gasteiger charge is -2.25. The Morgan fingerprint density at radius 1 is 1.37 bits per heavy atom. The van der Waals surface area contributed by atoms with Crippen molar-refractivity contribution in [3.8, 4) is 0 Å². The van der Waals surface area contributed by atoms with Gasteiger partial charge in [-0.25, -0.2) is 4.79 Å². The molecular formula is C20H24N4O3. The summed E-state index contributed by atoms with van der Waals surface area (Å²) in [6.07, 6.45) is 3.74. The minimum Gasteiger partial charge on any atom is -0.461 e. The van der Waals surface area contributed by atoms with Crippen LogP contribution in [0.25, 0.3) is 0 Å². The highest BCUT2D eigenvalue weighted by Crippen LogP contribution is 2.34. The summed E-state index contributed by atoms with van der Waals surface area (Å²) in [6, 6.07) is 9.59. The zero-order valence-corrected chi connectivity index (χ0v) is 15.4. The molecule has 1 aliphatic heterocycles. The summed E-state index contributed by atoms with van der Waals surface area (Å²) in [5.41, 5.74) is 1.70. The number of aromatic amines is 1. The highest BCUT2D eigenvalue weighted by molar-refractivity contribution is 5.88. The van der Waals surface area contributed by atoms with Crippen molar-refractivity contribution in [1.29, 1.82) is 0 Å². The van der Waals surface area contributed by atoms with Gasteiger partial charge in [0, 0.05) is 18.9 Å². The highest BCUT2D eigenvalue weighted by Gasteiger charge is 2.36. The van der Waals surface area contributed by atoms with Crippen molar-refractivity contribution >= 4 is 11.9 Å². The van der Waals surface area contributed by atoms with E-state index in [1.807, 2.05) is 30.3 Å². The zero-order chi connectivity index (χ0) is 19.2. The second kappa shape index (κ2) is 8.62. The van der Waals surface area contributed by atoms with Crippen molar-refractivity contribution in [2.75, 3.05) is 13.2 Å². The third-order valence-corrected chi connectivity index (χ3v) is 4.84. The lowest BCUT2D eigenvalue weighted by molar-refractivity contribution is -0.132. The van der Waals surface area contributed by atoms with E-state index in [9.17, 15) is 9.59 Å². The molecule has 0 aliphatic carbocycles. The average Bonchev–Trinajstić information content (AvgIpc) is 3.35. The summed E-state index contributed by atoms with van der Waals surface area (Å²) in [5, 5.41) is 10.6. The van der Waals surface area contributed by atoms with Gasteiger partial charge < -0.3 is 9.64 Å². The number of hydrogen-bond acceptors (Lipinski definition) is 5. The molecule has 3 rings (SSSR count). The van der Waals surface area contributed by atoms with Crippen LogP contribution in [-0.2, 0) is 9.53 Å². The minimum absolute atomic E-state index is 0.0176. The summed E-state index contributed by atoms with van der Waals surface area (Å²) in [7, 11) is 0. The Labute approximate surface area is 158 Å². The van der Waals surface area contributed by atoms with Gasteiger partial charge in [0.25, 0.3) is 0 Å². The van der Waals surface area contributed by atoms with Crippen LogP contribution in [0.5, 0.6) is 0 Å². The maximum absolute atomic E-state index is 13.0. The molecule has 27 heavy (non-hydrogen) atoms. The number of nitrogens with one attached hydrogen (secondary N) is 1. The zero-order valence-electron chi connectivity index (χ0n) is 15.4. The Balaban J connectivity index is 1.76. The molecule has 2 atom stereocenters. The first-order valence-corrected chi connectivity index (χ1v) is 9.20. The third kappa shape index (κ3) is 4.07. The summed E-state index contributed by atoms with van der Waals surface area (Å²) >= 11 is 0. The van der Waals surface area contributed by atoms with Gasteiger partial charge in [-0.1, -0.05) is 36.4 Å². The maximum atomic E-state index is 13.0. The van der Waals surface area contributed by atoms with E-state index in [4.69, 9.17) is 4.74 Å². The summed E-state index contributed by atoms with van der Waals surface area (Å²) < 4.78 is 5.04. The number of likely N-dealkylation sites (tertiary alicyclic amines) is 1. The molecule has 2 aromatic rings. The largest absolute Gasteiger partial charge is 0.461 e. The highest BCUT2D eigenvalue weighted by atomic mass is 16.5. The first kappa shape index (κ1) is 18.8. The number of carbonyl (C=O) groups is 2. The monoisotopic (exact) mass is 368 g/mol. The smallest absolute Gasteiger partial charge is 0.360 e. The first-order valence-electron chi connectivity index (χ1n) is 9.20. The van der Waals surface area contributed by atoms with Gasteiger partial charge >= 0.3 is 5.97 Å². The standard InChI is InChI=1S/C20H24N4O3/c1-3-14(15-9-6-5-7-10-15)13-17(25)24-12-8-11-16(24)18-19(22-23-21-18)20(26)27-4-2/h3,5-7,9-10,14,16H,1,4,8,11-13H2,2H3,(H,21,22,23). The van der Waals surface area contributed by atoms with Gasteiger partial charge in [-0.05, 0) is 25.3 Å². The number of ether oxygens (including phenoxy) is 1. The SMILES string of the molecule is C=CC(CC(=O)N1CCCC1c1n[nH]nc1C(=O)OCC)c1ccccc1. The van der Waals surface area contributed by atoms with Crippen molar-refractivity contribution in [2.45, 2.75) is 38.1 Å². The summed E-state index contributed by atoms with van der Waals surface area (Å²) in [5.74, 6) is -0.556. The number of benzene rings is 1. The molecule has 1 aliphatic rings. The van der Waals surface area contributed by atoms with Gasteiger partial charge in [-0.15, -0.1) is 11.7 Å². The van der Waals surface area contributed by atoms with E-state index in [0.29, 0.717) is 18.7 Å². The predicted molar refractivity (Wildman–Crippen MR) is 100 cm³/mol. The van der Waals surface area contributed by atoms with Crippen LogP contribution in [0.15, 0.2) is 43.0 Å². The first-order chi connectivity index (χ1) is 13.2. The van der Waals surface area contributed by atoms with Gasteiger partial charge in [0.2, 0.25) is 5.91 Å². The molecule has 1 N–H and O–H groups in total. The van der Waals surface area contributed by atoms with Crippen molar-refractivity contribution in [1.82, 2.24) is 20.3 Å². The van der Waals surface area contributed by atoms with Crippen molar-refractivity contribution in [3.05, 3.63) is 59.9 Å². The quantitative estimate of drug-likeness (QED) is 0.599. The third-order valence-electron chi connectivity index (χ3n) is 4.84. The number of H-pyrrole nitrogens is 1. The Kier molecular flexibility index (Phi) is 6.01. The molecule has 0 radical (unpaired) electrons. The number of rotatable bonds is 7. The number of hydrogen-bond donors (Lipinski definition) is 1.